The number of hydrogen-bond acceptors (Lipinski definition) is 2. The van der Waals surface area contributed by atoms with Gasteiger partial charge in [0.15, 0.2) is 23.3 Å². The smallest absolute Gasteiger partial charge is 0.255 e. The van der Waals surface area contributed by atoms with E-state index in [1.54, 1.807) is 5.32 Å². The zero-order valence-electron chi connectivity index (χ0n) is 10.2. The summed E-state index contributed by atoms with van der Waals surface area (Å²) in [6.07, 6.45) is 0. The van der Waals surface area contributed by atoms with Gasteiger partial charge in [0.05, 0.1) is 10.7 Å². The summed E-state index contributed by atoms with van der Waals surface area (Å²) in [5, 5.41) is 1.94. The van der Waals surface area contributed by atoms with Crippen LogP contribution in [0.3, 0.4) is 0 Å². The molecule has 0 atom stereocenters. The van der Waals surface area contributed by atoms with E-state index in [1.165, 1.54) is 12.1 Å². The first kappa shape index (κ1) is 15.1. The summed E-state index contributed by atoms with van der Waals surface area (Å²) < 4.78 is 52.9. The van der Waals surface area contributed by atoms with Crippen LogP contribution >= 0.6 is 11.6 Å². The van der Waals surface area contributed by atoms with Crippen LogP contribution in [0.2, 0.25) is 5.02 Å². The maximum atomic E-state index is 13.4. The first-order valence-corrected chi connectivity index (χ1v) is 5.88. The SMILES string of the molecule is Nc1cc(C(=O)Nc2c(F)c(F)cc(F)c2F)ccc1Cl. The second-order valence-electron chi connectivity index (χ2n) is 4.03. The van der Waals surface area contributed by atoms with E-state index in [-0.39, 0.29) is 22.3 Å². The lowest BCUT2D eigenvalue weighted by molar-refractivity contribution is 0.102. The number of rotatable bonds is 2. The van der Waals surface area contributed by atoms with Crippen molar-refractivity contribution in [3.8, 4) is 0 Å². The number of nitrogens with one attached hydrogen (secondary N) is 1. The van der Waals surface area contributed by atoms with Gasteiger partial charge in [-0.05, 0) is 18.2 Å². The summed E-state index contributed by atoms with van der Waals surface area (Å²) in [5.41, 5.74) is 4.25. The minimum atomic E-state index is -1.70. The second kappa shape index (κ2) is 5.61. The molecule has 2 aromatic rings. The fourth-order valence-corrected chi connectivity index (χ4v) is 1.67. The molecule has 2 rings (SSSR count). The van der Waals surface area contributed by atoms with Crippen molar-refractivity contribution < 1.29 is 22.4 Å². The van der Waals surface area contributed by atoms with Crippen LogP contribution in [0.4, 0.5) is 28.9 Å². The number of nitrogens with two attached hydrogens (primary N) is 1. The van der Waals surface area contributed by atoms with Crippen molar-refractivity contribution in [3.63, 3.8) is 0 Å². The van der Waals surface area contributed by atoms with E-state index < -0.39 is 34.9 Å². The van der Waals surface area contributed by atoms with Gasteiger partial charge in [0.1, 0.15) is 5.69 Å². The van der Waals surface area contributed by atoms with Gasteiger partial charge in [0.2, 0.25) is 0 Å². The molecule has 0 saturated carbocycles. The molecule has 0 aliphatic rings. The fraction of sp³-hybridized carbons (Fsp3) is 0. The third-order valence-electron chi connectivity index (χ3n) is 2.61. The summed E-state index contributed by atoms with van der Waals surface area (Å²) in [7, 11) is 0. The molecule has 2 aromatic carbocycles. The fourth-order valence-electron chi connectivity index (χ4n) is 1.55. The Morgan fingerprint density at radius 1 is 1.05 bits per heavy atom. The van der Waals surface area contributed by atoms with Crippen LogP contribution in [0.25, 0.3) is 0 Å². The number of benzene rings is 2. The van der Waals surface area contributed by atoms with Crippen molar-refractivity contribution in [2.75, 3.05) is 11.1 Å². The first-order valence-electron chi connectivity index (χ1n) is 5.50. The van der Waals surface area contributed by atoms with E-state index in [4.69, 9.17) is 17.3 Å². The van der Waals surface area contributed by atoms with E-state index in [2.05, 4.69) is 0 Å². The van der Waals surface area contributed by atoms with Crippen LogP contribution in [0, 0.1) is 23.3 Å². The van der Waals surface area contributed by atoms with E-state index in [0.29, 0.717) is 0 Å². The van der Waals surface area contributed by atoms with Crippen LogP contribution in [0.15, 0.2) is 24.3 Å². The number of halogens is 5. The Kier molecular flexibility index (Phi) is 4.04. The van der Waals surface area contributed by atoms with E-state index in [0.717, 1.165) is 6.07 Å². The highest BCUT2D eigenvalue weighted by atomic mass is 35.5. The molecule has 0 radical (unpaired) electrons. The van der Waals surface area contributed by atoms with Crippen molar-refractivity contribution in [2.24, 2.45) is 0 Å². The Morgan fingerprint density at radius 2 is 1.62 bits per heavy atom. The minimum absolute atomic E-state index is 0.0423. The number of anilines is 2. The molecular formula is C13H7ClF4N2O. The van der Waals surface area contributed by atoms with Gasteiger partial charge in [0.25, 0.3) is 5.91 Å². The van der Waals surface area contributed by atoms with Gasteiger partial charge in [-0.1, -0.05) is 11.6 Å². The molecule has 0 aromatic heterocycles. The molecule has 0 saturated heterocycles. The highest BCUT2D eigenvalue weighted by molar-refractivity contribution is 6.33. The highest BCUT2D eigenvalue weighted by Crippen LogP contribution is 2.25. The van der Waals surface area contributed by atoms with Crippen molar-refractivity contribution in [1.82, 2.24) is 0 Å². The monoisotopic (exact) mass is 318 g/mol. The van der Waals surface area contributed by atoms with Crippen LogP contribution < -0.4 is 11.1 Å². The van der Waals surface area contributed by atoms with Crippen molar-refractivity contribution in [3.05, 3.63) is 58.1 Å². The van der Waals surface area contributed by atoms with E-state index >= 15 is 0 Å². The zero-order valence-corrected chi connectivity index (χ0v) is 10.9. The molecule has 8 heteroatoms. The van der Waals surface area contributed by atoms with Crippen LogP contribution in [-0.2, 0) is 0 Å². The van der Waals surface area contributed by atoms with Gasteiger partial charge in [-0.3, -0.25) is 4.79 Å². The Bertz CT molecular complexity index is 710. The highest BCUT2D eigenvalue weighted by Gasteiger charge is 2.21. The van der Waals surface area contributed by atoms with Crippen molar-refractivity contribution in [1.29, 1.82) is 0 Å². The number of carbonyl (C=O) groups excluding carboxylic acids is 1. The standard InChI is InChI=1S/C13H7ClF4N2O/c14-6-2-1-5(3-9(6)19)13(21)20-12-10(17)7(15)4-8(16)11(12)18/h1-4H,19H2,(H,20,21). The van der Waals surface area contributed by atoms with E-state index in [9.17, 15) is 22.4 Å². The predicted octanol–water partition coefficient (Wildman–Crippen LogP) is 3.73. The molecule has 0 aliphatic heterocycles. The molecule has 0 unspecified atom stereocenters. The molecule has 3 N–H and O–H groups in total. The third kappa shape index (κ3) is 2.92. The molecular weight excluding hydrogens is 312 g/mol. The maximum absolute atomic E-state index is 13.4. The average Bonchev–Trinajstić information content (AvgIpc) is 2.44. The zero-order chi connectivity index (χ0) is 15.7. The Morgan fingerprint density at radius 3 is 2.14 bits per heavy atom. The normalized spacial score (nSPS) is 10.5. The first-order chi connectivity index (χ1) is 9.81. The molecule has 21 heavy (non-hydrogen) atoms. The molecule has 0 bridgehead atoms. The van der Waals surface area contributed by atoms with E-state index in [1.807, 2.05) is 0 Å². The van der Waals surface area contributed by atoms with Gasteiger partial charge < -0.3 is 11.1 Å². The Balaban J connectivity index is 2.38. The van der Waals surface area contributed by atoms with Gasteiger partial charge in [-0.2, -0.15) is 0 Å². The summed E-state index contributed by atoms with van der Waals surface area (Å²) in [5.74, 6) is -7.66. The second-order valence-corrected chi connectivity index (χ2v) is 4.44. The molecule has 0 spiro atoms. The van der Waals surface area contributed by atoms with Crippen molar-refractivity contribution in [2.45, 2.75) is 0 Å². The van der Waals surface area contributed by atoms with Gasteiger partial charge in [0, 0.05) is 11.6 Å². The Hall–Kier alpha value is -2.28. The van der Waals surface area contributed by atoms with Crippen molar-refractivity contribution >= 4 is 28.9 Å². The number of amides is 1. The summed E-state index contributed by atoms with van der Waals surface area (Å²) in [6.45, 7) is 0. The molecule has 3 nitrogen and oxygen atoms in total. The lowest BCUT2D eigenvalue weighted by Crippen LogP contribution is -2.16. The molecule has 0 aliphatic carbocycles. The maximum Gasteiger partial charge on any atom is 0.255 e. The lowest BCUT2D eigenvalue weighted by Gasteiger charge is -2.09. The lowest BCUT2D eigenvalue weighted by atomic mass is 10.1. The number of nitrogen functional groups attached to an aromatic ring is 1. The number of carbonyl (C=O) groups is 1. The largest absolute Gasteiger partial charge is 0.398 e. The predicted molar refractivity (Wildman–Crippen MR) is 70.1 cm³/mol. The topological polar surface area (TPSA) is 55.1 Å². The summed E-state index contributed by atoms with van der Waals surface area (Å²) >= 11 is 5.66. The molecule has 1 amide bonds. The summed E-state index contributed by atoms with van der Waals surface area (Å²) in [4.78, 5) is 11.8. The van der Waals surface area contributed by atoms with Crippen LogP contribution in [-0.4, -0.2) is 5.91 Å². The Labute approximate surface area is 121 Å². The molecule has 0 heterocycles. The third-order valence-corrected chi connectivity index (χ3v) is 2.95. The molecule has 0 fully saturated rings. The van der Waals surface area contributed by atoms with Gasteiger partial charge in [-0.15, -0.1) is 0 Å². The van der Waals surface area contributed by atoms with Crippen LogP contribution in [0.5, 0.6) is 0 Å². The molecule has 110 valence electrons. The van der Waals surface area contributed by atoms with Crippen LogP contribution in [0.1, 0.15) is 10.4 Å². The minimum Gasteiger partial charge on any atom is -0.398 e. The number of hydrogen-bond donors (Lipinski definition) is 2. The summed E-state index contributed by atoms with van der Waals surface area (Å²) in [6, 6.07) is 3.73. The van der Waals surface area contributed by atoms with Gasteiger partial charge >= 0.3 is 0 Å². The quantitative estimate of drug-likeness (QED) is 0.503. The van der Waals surface area contributed by atoms with Gasteiger partial charge in [-0.25, -0.2) is 17.6 Å². The average molecular weight is 319 g/mol.